The molecule has 130 valence electrons. The molecule has 0 saturated carbocycles. The highest BCUT2D eigenvalue weighted by Gasteiger charge is 2.51. The first kappa shape index (κ1) is 18.8. The zero-order valence-electron chi connectivity index (χ0n) is 12.8. The third-order valence-electron chi connectivity index (χ3n) is 2.88. The number of aliphatic hydroxyl groups is 1. The van der Waals surface area contributed by atoms with Gasteiger partial charge in [-0.25, -0.2) is 0 Å². The second kappa shape index (κ2) is 8.44. The second-order valence-corrected chi connectivity index (χ2v) is 4.71. The van der Waals surface area contributed by atoms with E-state index in [9.17, 15) is 24.3 Å². The van der Waals surface area contributed by atoms with Gasteiger partial charge in [-0.05, 0) is 0 Å². The summed E-state index contributed by atoms with van der Waals surface area (Å²) >= 11 is 0. The van der Waals surface area contributed by atoms with Crippen molar-refractivity contribution in [1.29, 1.82) is 0 Å². The van der Waals surface area contributed by atoms with Gasteiger partial charge in [-0.1, -0.05) is 0 Å². The first-order valence-electron chi connectivity index (χ1n) is 6.66. The van der Waals surface area contributed by atoms with E-state index in [1.807, 2.05) is 0 Å². The summed E-state index contributed by atoms with van der Waals surface area (Å²) in [5.41, 5.74) is 0. The van der Waals surface area contributed by atoms with Crippen molar-refractivity contribution in [3.63, 3.8) is 0 Å². The largest absolute Gasteiger partial charge is 0.463 e. The average molecular weight is 334 g/mol. The van der Waals surface area contributed by atoms with Crippen LogP contribution in [-0.2, 0) is 42.9 Å². The highest BCUT2D eigenvalue weighted by Crippen LogP contribution is 2.27. The van der Waals surface area contributed by atoms with Gasteiger partial charge in [-0.3, -0.25) is 19.2 Å². The van der Waals surface area contributed by atoms with Gasteiger partial charge in [0.05, 0.1) is 0 Å². The van der Waals surface area contributed by atoms with E-state index in [2.05, 4.69) is 4.74 Å². The Hall–Kier alpha value is -2.20. The van der Waals surface area contributed by atoms with E-state index in [0.29, 0.717) is 0 Å². The lowest BCUT2D eigenvalue weighted by atomic mass is 9.98. The molecule has 0 bridgehead atoms. The SMILES string of the molecule is CC(=O)OC[C@H]1O[C@@H](O)[C@H](OC=O)[C@@H](OC(C)=O)[C@@H]1OC(C)=O. The zero-order valence-corrected chi connectivity index (χ0v) is 12.8. The van der Waals surface area contributed by atoms with Crippen molar-refractivity contribution in [2.75, 3.05) is 6.61 Å². The number of carbonyl (C=O) groups is 4. The third kappa shape index (κ3) is 5.49. The predicted octanol–water partition coefficient (Wildman–Crippen LogP) is -1.33. The van der Waals surface area contributed by atoms with Crippen LogP contribution >= 0.6 is 0 Å². The van der Waals surface area contributed by atoms with Crippen LogP contribution in [0.4, 0.5) is 0 Å². The van der Waals surface area contributed by atoms with E-state index in [4.69, 9.17) is 18.9 Å². The van der Waals surface area contributed by atoms with E-state index < -0.39 is 48.6 Å². The Balaban J connectivity index is 3.06. The molecular formula is C13H18O10. The van der Waals surface area contributed by atoms with Gasteiger partial charge in [0.25, 0.3) is 6.47 Å². The molecule has 10 heteroatoms. The molecular weight excluding hydrogens is 316 g/mol. The Morgan fingerprint density at radius 2 is 1.57 bits per heavy atom. The summed E-state index contributed by atoms with van der Waals surface area (Å²) in [7, 11) is 0. The molecule has 1 aliphatic heterocycles. The van der Waals surface area contributed by atoms with E-state index >= 15 is 0 Å². The average Bonchev–Trinajstić information content (AvgIpc) is 2.42. The van der Waals surface area contributed by atoms with Crippen LogP contribution in [0.1, 0.15) is 20.8 Å². The normalized spacial score (nSPS) is 30.0. The number of carbonyl (C=O) groups excluding carboxylic acids is 4. The Labute approximate surface area is 131 Å². The molecule has 0 aromatic carbocycles. The van der Waals surface area contributed by atoms with Crippen molar-refractivity contribution in [3.8, 4) is 0 Å². The van der Waals surface area contributed by atoms with Crippen molar-refractivity contribution >= 4 is 24.4 Å². The van der Waals surface area contributed by atoms with Gasteiger partial charge in [0, 0.05) is 20.8 Å². The third-order valence-corrected chi connectivity index (χ3v) is 2.88. The van der Waals surface area contributed by atoms with Crippen LogP contribution < -0.4 is 0 Å². The molecule has 0 radical (unpaired) electrons. The maximum absolute atomic E-state index is 11.3. The van der Waals surface area contributed by atoms with Gasteiger partial charge < -0.3 is 28.8 Å². The van der Waals surface area contributed by atoms with Gasteiger partial charge in [-0.2, -0.15) is 0 Å². The molecule has 1 N–H and O–H groups in total. The molecule has 0 aliphatic carbocycles. The van der Waals surface area contributed by atoms with E-state index in [1.165, 1.54) is 0 Å². The van der Waals surface area contributed by atoms with Crippen molar-refractivity contribution in [1.82, 2.24) is 0 Å². The molecule has 0 unspecified atom stereocenters. The number of hydrogen-bond donors (Lipinski definition) is 1. The van der Waals surface area contributed by atoms with Crippen LogP contribution in [0, 0.1) is 0 Å². The summed E-state index contributed by atoms with van der Waals surface area (Å²) in [6.45, 7) is 3.02. The molecule has 0 amide bonds. The Morgan fingerprint density at radius 1 is 1.00 bits per heavy atom. The van der Waals surface area contributed by atoms with Crippen LogP contribution in [0.3, 0.4) is 0 Å². The highest BCUT2D eigenvalue weighted by atomic mass is 16.7. The number of aliphatic hydroxyl groups excluding tert-OH is 1. The Morgan fingerprint density at radius 3 is 2.04 bits per heavy atom. The lowest BCUT2D eigenvalue weighted by Crippen LogP contribution is -2.62. The molecule has 1 aliphatic rings. The van der Waals surface area contributed by atoms with Crippen molar-refractivity contribution < 1.29 is 48.0 Å². The maximum Gasteiger partial charge on any atom is 0.303 e. The monoisotopic (exact) mass is 334 g/mol. The molecule has 1 fully saturated rings. The molecule has 5 atom stereocenters. The van der Waals surface area contributed by atoms with Gasteiger partial charge in [0.15, 0.2) is 24.6 Å². The fraction of sp³-hybridized carbons (Fsp3) is 0.692. The van der Waals surface area contributed by atoms with Gasteiger partial charge >= 0.3 is 17.9 Å². The maximum atomic E-state index is 11.3. The van der Waals surface area contributed by atoms with Crippen LogP contribution in [0.2, 0.25) is 0 Å². The molecule has 1 saturated heterocycles. The number of ether oxygens (including phenoxy) is 5. The predicted molar refractivity (Wildman–Crippen MR) is 69.6 cm³/mol. The Kier molecular flexibility index (Phi) is 6.91. The van der Waals surface area contributed by atoms with Crippen molar-refractivity contribution in [2.24, 2.45) is 0 Å². The molecule has 1 heterocycles. The second-order valence-electron chi connectivity index (χ2n) is 4.71. The van der Waals surface area contributed by atoms with E-state index in [0.717, 1.165) is 20.8 Å². The minimum atomic E-state index is -1.67. The fourth-order valence-electron chi connectivity index (χ4n) is 2.10. The van der Waals surface area contributed by atoms with Crippen molar-refractivity contribution in [3.05, 3.63) is 0 Å². The number of rotatable bonds is 6. The molecule has 1 rings (SSSR count). The van der Waals surface area contributed by atoms with Crippen LogP contribution in [0.15, 0.2) is 0 Å². The van der Waals surface area contributed by atoms with E-state index in [1.54, 1.807) is 0 Å². The fourth-order valence-corrected chi connectivity index (χ4v) is 2.10. The smallest absolute Gasteiger partial charge is 0.303 e. The lowest BCUT2D eigenvalue weighted by Gasteiger charge is -2.42. The minimum Gasteiger partial charge on any atom is -0.463 e. The summed E-state index contributed by atoms with van der Waals surface area (Å²) in [5, 5.41) is 9.89. The summed E-state index contributed by atoms with van der Waals surface area (Å²) in [6, 6.07) is 0. The first-order valence-corrected chi connectivity index (χ1v) is 6.66. The summed E-state index contributed by atoms with van der Waals surface area (Å²) < 4.78 is 24.6. The van der Waals surface area contributed by atoms with E-state index in [-0.39, 0.29) is 13.1 Å². The number of hydrogen-bond acceptors (Lipinski definition) is 10. The van der Waals surface area contributed by atoms with Crippen LogP contribution in [-0.4, -0.2) is 66.8 Å². The molecule has 0 spiro atoms. The quantitative estimate of drug-likeness (QED) is 0.353. The molecule has 0 aromatic heterocycles. The molecule has 23 heavy (non-hydrogen) atoms. The van der Waals surface area contributed by atoms with Gasteiger partial charge in [0.2, 0.25) is 0 Å². The topological polar surface area (TPSA) is 135 Å². The van der Waals surface area contributed by atoms with Gasteiger partial charge in [-0.15, -0.1) is 0 Å². The molecule has 0 aromatic rings. The van der Waals surface area contributed by atoms with Crippen molar-refractivity contribution in [2.45, 2.75) is 51.5 Å². The summed E-state index contributed by atoms with van der Waals surface area (Å²) in [4.78, 5) is 44.0. The number of esters is 3. The van der Waals surface area contributed by atoms with Gasteiger partial charge in [0.1, 0.15) is 12.7 Å². The summed E-state index contributed by atoms with van der Waals surface area (Å²) in [5.74, 6) is -2.11. The standard InChI is InChI=1S/C13H18O10/c1-6(15)19-4-9-10(21-7(2)16)11(22-8(3)17)12(20-5-14)13(18)23-9/h5,9-13,18H,4H2,1-3H3/t9-,10-,11+,12-,13-/m1/s1. The van der Waals surface area contributed by atoms with Crippen LogP contribution in [0.25, 0.3) is 0 Å². The zero-order chi connectivity index (χ0) is 17.6. The van der Waals surface area contributed by atoms with Crippen LogP contribution in [0.5, 0.6) is 0 Å². The Bertz CT molecular complexity index is 462. The first-order chi connectivity index (χ1) is 10.8. The highest BCUT2D eigenvalue weighted by molar-refractivity contribution is 5.68. The minimum absolute atomic E-state index is 0.0327. The lowest BCUT2D eigenvalue weighted by molar-refractivity contribution is -0.294. The summed E-state index contributed by atoms with van der Waals surface area (Å²) in [6.07, 6.45) is -6.77. The molecule has 10 nitrogen and oxygen atoms in total.